The molecule has 1 atom stereocenters. The predicted octanol–water partition coefficient (Wildman–Crippen LogP) is 4.87. The highest BCUT2D eigenvalue weighted by molar-refractivity contribution is 7.80. The molecular formula is C18H17NOS2. The molecule has 1 aliphatic carbocycles. The Morgan fingerprint density at radius 3 is 3.00 bits per heavy atom. The van der Waals surface area contributed by atoms with Gasteiger partial charge < -0.3 is 5.32 Å². The standard InChI is InChI=1S/C18H17NOS2/c1-12-6-8-13(9-7-12)19-18(21)10-16(20)15-11-22-17-5-3-2-4-14(15)17/h2-6,8-9,11-12H,7,10H2,1H3,(H,19,21). The van der Waals surface area contributed by atoms with Crippen molar-refractivity contribution in [3.05, 3.63) is 59.1 Å². The molecular weight excluding hydrogens is 310 g/mol. The van der Waals surface area contributed by atoms with E-state index in [2.05, 4.69) is 24.4 Å². The third-order valence-corrected chi connectivity index (χ3v) is 4.91. The minimum Gasteiger partial charge on any atom is -0.350 e. The van der Waals surface area contributed by atoms with Crippen molar-refractivity contribution >= 4 is 44.4 Å². The highest BCUT2D eigenvalue weighted by atomic mass is 32.1. The van der Waals surface area contributed by atoms with E-state index in [1.165, 1.54) is 0 Å². The van der Waals surface area contributed by atoms with Crippen LogP contribution in [0.15, 0.2) is 53.6 Å². The summed E-state index contributed by atoms with van der Waals surface area (Å²) in [6.45, 7) is 2.17. The van der Waals surface area contributed by atoms with E-state index in [0.29, 0.717) is 10.9 Å². The molecule has 2 aromatic rings. The number of nitrogens with one attached hydrogen (secondary N) is 1. The molecule has 0 bridgehead atoms. The Morgan fingerprint density at radius 2 is 2.23 bits per heavy atom. The van der Waals surface area contributed by atoms with Crippen LogP contribution in [0.1, 0.15) is 30.1 Å². The Labute approximate surface area is 139 Å². The van der Waals surface area contributed by atoms with Crippen LogP contribution in [0, 0.1) is 5.92 Å². The zero-order valence-electron chi connectivity index (χ0n) is 12.3. The maximum atomic E-state index is 12.5. The third-order valence-electron chi connectivity index (χ3n) is 3.70. The highest BCUT2D eigenvalue weighted by Crippen LogP contribution is 2.26. The topological polar surface area (TPSA) is 29.1 Å². The van der Waals surface area contributed by atoms with Crippen molar-refractivity contribution in [2.75, 3.05) is 0 Å². The van der Waals surface area contributed by atoms with E-state index in [9.17, 15) is 4.79 Å². The lowest BCUT2D eigenvalue weighted by Gasteiger charge is -2.14. The lowest BCUT2D eigenvalue weighted by Crippen LogP contribution is -2.23. The normalized spacial score (nSPS) is 17.3. The number of carbonyl (C=O) groups excluding carboxylic acids is 1. The molecule has 0 saturated carbocycles. The van der Waals surface area contributed by atoms with Gasteiger partial charge in [0.1, 0.15) is 0 Å². The van der Waals surface area contributed by atoms with Crippen molar-refractivity contribution in [1.82, 2.24) is 5.32 Å². The summed E-state index contributed by atoms with van der Waals surface area (Å²) in [5.74, 6) is 0.640. The van der Waals surface area contributed by atoms with Crippen molar-refractivity contribution in [3.63, 3.8) is 0 Å². The number of ketones is 1. The number of allylic oxidation sites excluding steroid dienone is 3. The van der Waals surface area contributed by atoms with Crippen LogP contribution in [0.25, 0.3) is 10.1 Å². The smallest absolute Gasteiger partial charge is 0.171 e. The van der Waals surface area contributed by atoms with Crippen LogP contribution in [0.4, 0.5) is 0 Å². The van der Waals surface area contributed by atoms with Gasteiger partial charge in [-0.1, -0.05) is 49.5 Å². The quantitative estimate of drug-likeness (QED) is 0.641. The van der Waals surface area contributed by atoms with Gasteiger partial charge in [-0.15, -0.1) is 11.3 Å². The van der Waals surface area contributed by atoms with E-state index >= 15 is 0 Å². The summed E-state index contributed by atoms with van der Waals surface area (Å²) < 4.78 is 1.14. The molecule has 3 rings (SSSR count). The molecule has 1 N–H and O–H groups in total. The van der Waals surface area contributed by atoms with Crippen molar-refractivity contribution in [3.8, 4) is 0 Å². The van der Waals surface area contributed by atoms with Crippen LogP contribution in [0.5, 0.6) is 0 Å². The molecule has 2 nitrogen and oxygen atoms in total. The van der Waals surface area contributed by atoms with Crippen LogP contribution in [0.3, 0.4) is 0 Å². The van der Waals surface area contributed by atoms with Crippen LogP contribution >= 0.6 is 23.6 Å². The average molecular weight is 327 g/mol. The number of hydrogen-bond donors (Lipinski definition) is 1. The fourth-order valence-electron chi connectivity index (χ4n) is 2.46. The van der Waals surface area contributed by atoms with Crippen molar-refractivity contribution < 1.29 is 4.79 Å². The van der Waals surface area contributed by atoms with E-state index in [1.54, 1.807) is 11.3 Å². The summed E-state index contributed by atoms with van der Waals surface area (Å²) in [4.78, 5) is 13.0. The third kappa shape index (κ3) is 3.34. The number of thiophene rings is 1. The second-order valence-electron chi connectivity index (χ2n) is 5.53. The zero-order chi connectivity index (χ0) is 15.5. The SMILES string of the molecule is CC1C=CC(NC(=S)CC(=O)c2csc3ccccc23)=CC1. The number of fused-ring (bicyclic) bond motifs is 1. The number of rotatable bonds is 4. The Balaban J connectivity index is 1.67. The number of hydrogen-bond acceptors (Lipinski definition) is 3. The molecule has 1 aromatic heterocycles. The van der Waals surface area contributed by atoms with Crippen LogP contribution in [-0.2, 0) is 0 Å². The summed E-state index contributed by atoms with van der Waals surface area (Å²) in [6.07, 6.45) is 7.56. The molecule has 0 saturated heterocycles. The van der Waals surface area contributed by atoms with Crippen molar-refractivity contribution in [2.24, 2.45) is 5.92 Å². The van der Waals surface area contributed by atoms with Gasteiger partial charge in [-0.05, 0) is 24.5 Å². The van der Waals surface area contributed by atoms with E-state index in [4.69, 9.17) is 12.2 Å². The number of thiocarbonyl (C=S) groups is 1. The first kappa shape index (κ1) is 15.1. The fraction of sp³-hybridized carbons (Fsp3) is 0.222. The largest absolute Gasteiger partial charge is 0.350 e. The summed E-state index contributed by atoms with van der Waals surface area (Å²) in [5.41, 5.74) is 1.76. The van der Waals surface area contributed by atoms with Gasteiger partial charge in [-0.25, -0.2) is 0 Å². The predicted molar refractivity (Wildman–Crippen MR) is 97.5 cm³/mol. The van der Waals surface area contributed by atoms with Gasteiger partial charge in [-0.2, -0.15) is 0 Å². The molecule has 22 heavy (non-hydrogen) atoms. The Kier molecular flexibility index (Phi) is 4.50. The lowest BCUT2D eigenvalue weighted by atomic mass is 10.0. The maximum Gasteiger partial charge on any atom is 0.171 e. The van der Waals surface area contributed by atoms with E-state index in [-0.39, 0.29) is 12.2 Å². The molecule has 0 amide bonds. The molecule has 1 aromatic carbocycles. The Morgan fingerprint density at radius 1 is 1.41 bits per heavy atom. The summed E-state index contributed by atoms with van der Waals surface area (Å²) in [6, 6.07) is 7.97. The molecule has 1 aliphatic rings. The first-order valence-electron chi connectivity index (χ1n) is 7.31. The van der Waals surface area contributed by atoms with E-state index in [0.717, 1.165) is 27.8 Å². The van der Waals surface area contributed by atoms with E-state index < -0.39 is 0 Å². The molecule has 1 heterocycles. The summed E-state index contributed by atoms with van der Waals surface area (Å²) >= 11 is 6.93. The first-order chi connectivity index (χ1) is 10.6. The van der Waals surface area contributed by atoms with Gasteiger partial charge in [0.05, 0.1) is 11.4 Å². The lowest BCUT2D eigenvalue weighted by molar-refractivity contribution is 0.100. The van der Waals surface area contributed by atoms with Gasteiger partial charge >= 0.3 is 0 Å². The monoisotopic (exact) mass is 327 g/mol. The summed E-state index contributed by atoms with van der Waals surface area (Å²) in [7, 11) is 0. The highest BCUT2D eigenvalue weighted by Gasteiger charge is 2.14. The number of carbonyl (C=O) groups is 1. The molecule has 112 valence electrons. The summed E-state index contributed by atoms with van der Waals surface area (Å²) in [5, 5.41) is 6.12. The van der Waals surface area contributed by atoms with Gasteiger partial charge in [0.2, 0.25) is 0 Å². The second-order valence-corrected chi connectivity index (χ2v) is 6.93. The zero-order valence-corrected chi connectivity index (χ0v) is 14.0. The first-order valence-corrected chi connectivity index (χ1v) is 8.60. The van der Waals surface area contributed by atoms with Crippen LogP contribution in [0.2, 0.25) is 0 Å². The molecule has 4 heteroatoms. The minimum absolute atomic E-state index is 0.0729. The Hall–Kier alpha value is -1.78. The molecule has 0 fully saturated rings. The molecule has 0 aliphatic heterocycles. The van der Waals surface area contributed by atoms with Gasteiger partial charge in [0.25, 0.3) is 0 Å². The second kappa shape index (κ2) is 6.55. The van der Waals surface area contributed by atoms with Gasteiger partial charge in [0.15, 0.2) is 5.78 Å². The van der Waals surface area contributed by atoms with Gasteiger partial charge in [0, 0.05) is 26.7 Å². The van der Waals surface area contributed by atoms with Crippen LogP contribution < -0.4 is 5.32 Å². The number of Topliss-reactive ketones (excluding diaryl/α,β-unsaturated/α-hetero) is 1. The number of benzene rings is 1. The van der Waals surface area contributed by atoms with Gasteiger partial charge in [-0.3, -0.25) is 4.79 Å². The van der Waals surface area contributed by atoms with E-state index in [1.807, 2.05) is 35.7 Å². The molecule has 0 spiro atoms. The van der Waals surface area contributed by atoms with Crippen LogP contribution in [-0.4, -0.2) is 10.8 Å². The van der Waals surface area contributed by atoms with Crippen molar-refractivity contribution in [1.29, 1.82) is 0 Å². The average Bonchev–Trinajstić information content (AvgIpc) is 2.93. The van der Waals surface area contributed by atoms with Crippen molar-refractivity contribution in [2.45, 2.75) is 19.8 Å². The maximum absolute atomic E-state index is 12.5. The minimum atomic E-state index is 0.0729. The molecule has 1 unspecified atom stereocenters. The fourth-order valence-corrected chi connectivity index (χ4v) is 3.67. The molecule has 0 radical (unpaired) electrons. The Bertz CT molecular complexity index is 785.